The van der Waals surface area contributed by atoms with Gasteiger partial charge in [-0.2, -0.15) is 0 Å². The highest BCUT2D eigenvalue weighted by atomic mass is 19.2. The van der Waals surface area contributed by atoms with Crippen LogP contribution in [0.15, 0.2) is 48.7 Å². The molecular weight excluding hydrogens is 403 g/mol. The van der Waals surface area contributed by atoms with Crippen LogP contribution in [-0.2, 0) is 4.79 Å². The van der Waals surface area contributed by atoms with Crippen molar-refractivity contribution in [2.75, 3.05) is 6.54 Å². The average Bonchev–Trinajstić information content (AvgIpc) is 3.42. The quantitative estimate of drug-likeness (QED) is 0.613. The Bertz CT molecular complexity index is 1130. The summed E-state index contributed by atoms with van der Waals surface area (Å²) in [6, 6.07) is 9.98. The highest BCUT2D eigenvalue weighted by molar-refractivity contribution is 5.83. The highest BCUT2D eigenvalue weighted by Crippen LogP contribution is 2.50. The van der Waals surface area contributed by atoms with Crippen LogP contribution < -0.4 is 0 Å². The molecule has 2 aliphatic rings. The molecule has 0 bridgehead atoms. The van der Waals surface area contributed by atoms with Gasteiger partial charge >= 0.3 is 0 Å². The van der Waals surface area contributed by atoms with Crippen molar-refractivity contribution in [1.29, 1.82) is 0 Å². The molecule has 1 saturated carbocycles. The minimum atomic E-state index is -0.882. The molecule has 1 aliphatic heterocycles. The summed E-state index contributed by atoms with van der Waals surface area (Å²) in [4.78, 5) is 22.9. The molecule has 1 amide bonds. The number of halogens is 3. The minimum absolute atomic E-state index is 0.0307. The fraction of sp³-hybridized carbons (Fsp3) is 0.333. The highest BCUT2D eigenvalue weighted by Gasteiger charge is 2.47. The summed E-state index contributed by atoms with van der Waals surface area (Å²) in [6.07, 6.45) is 5.01. The number of piperidine rings is 1. The van der Waals surface area contributed by atoms with Crippen LogP contribution in [0.3, 0.4) is 0 Å². The summed E-state index contributed by atoms with van der Waals surface area (Å²) in [5.41, 5.74) is 2.07. The lowest BCUT2D eigenvalue weighted by atomic mass is 10.00. The van der Waals surface area contributed by atoms with E-state index < -0.39 is 11.6 Å². The van der Waals surface area contributed by atoms with Crippen molar-refractivity contribution >= 4 is 5.91 Å². The van der Waals surface area contributed by atoms with Gasteiger partial charge in [-0.25, -0.2) is 18.2 Å². The van der Waals surface area contributed by atoms with Gasteiger partial charge < -0.3 is 9.88 Å². The second kappa shape index (κ2) is 7.87. The van der Waals surface area contributed by atoms with Crippen molar-refractivity contribution < 1.29 is 18.0 Å². The van der Waals surface area contributed by atoms with Crippen molar-refractivity contribution in [1.82, 2.24) is 14.9 Å². The van der Waals surface area contributed by atoms with E-state index in [0.29, 0.717) is 35.6 Å². The van der Waals surface area contributed by atoms with Gasteiger partial charge in [0, 0.05) is 18.0 Å². The third-order valence-electron chi connectivity index (χ3n) is 6.31. The molecule has 0 radical (unpaired) electrons. The number of amides is 1. The van der Waals surface area contributed by atoms with Crippen molar-refractivity contribution in [2.45, 2.75) is 37.6 Å². The van der Waals surface area contributed by atoms with E-state index in [4.69, 9.17) is 0 Å². The van der Waals surface area contributed by atoms with Gasteiger partial charge in [-0.3, -0.25) is 4.79 Å². The monoisotopic (exact) mass is 425 g/mol. The number of hydrogen-bond acceptors (Lipinski definition) is 2. The first-order valence-corrected chi connectivity index (χ1v) is 10.6. The summed E-state index contributed by atoms with van der Waals surface area (Å²) < 4.78 is 40.4. The fourth-order valence-electron chi connectivity index (χ4n) is 4.58. The van der Waals surface area contributed by atoms with Crippen molar-refractivity contribution in [2.24, 2.45) is 5.92 Å². The number of benzene rings is 2. The number of carbonyl (C=O) groups is 1. The summed E-state index contributed by atoms with van der Waals surface area (Å²) >= 11 is 0. The van der Waals surface area contributed by atoms with Crippen molar-refractivity contribution in [3.05, 3.63) is 77.5 Å². The smallest absolute Gasteiger partial charge is 0.226 e. The van der Waals surface area contributed by atoms with Crippen LogP contribution in [-0.4, -0.2) is 27.3 Å². The molecular formula is C24H22F3N3O. The van der Waals surface area contributed by atoms with E-state index in [9.17, 15) is 18.0 Å². The molecule has 1 aromatic heterocycles. The van der Waals surface area contributed by atoms with E-state index in [0.717, 1.165) is 25.3 Å². The first-order chi connectivity index (χ1) is 15.0. The molecule has 0 spiro atoms. The van der Waals surface area contributed by atoms with Crippen LogP contribution in [0.2, 0.25) is 0 Å². The Balaban J connectivity index is 1.34. The van der Waals surface area contributed by atoms with E-state index in [1.165, 1.54) is 18.2 Å². The predicted octanol–water partition coefficient (Wildman–Crippen LogP) is 5.35. The maximum absolute atomic E-state index is 13.6. The number of likely N-dealkylation sites (tertiary alicyclic amines) is 1. The largest absolute Gasteiger partial charge is 0.340 e. The minimum Gasteiger partial charge on any atom is -0.340 e. The number of imidazole rings is 1. The first-order valence-electron chi connectivity index (χ1n) is 10.6. The Labute approximate surface area is 178 Å². The topological polar surface area (TPSA) is 49.0 Å². The third kappa shape index (κ3) is 3.84. The number of aromatic amines is 1. The molecule has 2 aromatic carbocycles. The van der Waals surface area contributed by atoms with Gasteiger partial charge in [0.1, 0.15) is 11.6 Å². The van der Waals surface area contributed by atoms with Crippen molar-refractivity contribution in [3.8, 4) is 11.3 Å². The van der Waals surface area contributed by atoms with Gasteiger partial charge in [0.05, 0.1) is 17.9 Å². The molecule has 1 aliphatic carbocycles. The Kier molecular flexibility index (Phi) is 5.04. The van der Waals surface area contributed by atoms with Crippen LogP contribution in [0.4, 0.5) is 13.2 Å². The molecule has 5 rings (SSSR count). The average molecular weight is 425 g/mol. The second-order valence-electron chi connectivity index (χ2n) is 8.36. The zero-order valence-corrected chi connectivity index (χ0v) is 16.8. The first kappa shape index (κ1) is 19.8. The van der Waals surface area contributed by atoms with Crippen LogP contribution >= 0.6 is 0 Å². The lowest BCUT2D eigenvalue weighted by Gasteiger charge is -2.35. The lowest BCUT2D eigenvalue weighted by molar-refractivity contribution is -0.136. The Morgan fingerprint density at radius 1 is 1.06 bits per heavy atom. The zero-order valence-electron chi connectivity index (χ0n) is 16.8. The van der Waals surface area contributed by atoms with E-state index in [2.05, 4.69) is 9.97 Å². The molecule has 3 aromatic rings. The molecule has 31 heavy (non-hydrogen) atoms. The molecule has 1 N–H and O–H groups in total. The second-order valence-corrected chi connectivity index (χ2v) is 8.36. The Hall–Kier alpha value is -3.09. The van der Waals surface area contributed by atoms with E-state index >= 15 is 0 Å². The van der Waals surface area contributed by atoms with E-state index in [1.54, 1.807) is 24.4 Å². The molecule has 4 nitrogen and oxygen atoms in total. The number of rotatable bonds is 4. The number of hydrogen-bond donors (Lipinski definition) is 1. The van der Waals surface area contributed by atoms with Crippen LogP contribution in [0.5, 0.6) is 0 Å². The van der Waals surface area contributed by atoms with Gasteiger partial charge in [0.15, 0.2) is 11.6 Å². The molecule has 2 fully saturated rings. The number of aromatic nitrogens is 2. The van der Waals surface area contributed by atoms with Gasteiger partial charge in [0.2, 0.25) is 5.91 Å². The maximum Gasteiger partial charge on any atom is 0.226 e. The fourth-order valence-corrected chi connectivity index (χ4v) is 4.58. The molecule has 2 heterocycles. The zero-order chi connectivity index (χ0) is 21.5. The normalized spacial score (nSPS) is 23.1. The van der Waals surface area contributed by atoms with Crippen LogP contribution in [0.25, 0.3) is 11.3 Å². The summed E-state index contributed by atoms with van der Waals surface area (Å²) in [7, 11) is 0. The SMILES string of the molecule is O=C(C1CC1c1ccc(F)c(F)c1)N1CCCCC1c1ncc(-c2cccc(F)c2)[nH]1. The van der Waals surface area contributed by atoms with Gasteiger partial charge in [0.25, 0.3) is 0 Å². The van der Waals surface area contributed by atoms with E-state index in [1.807, 2.05) is 4.90 Å². The van der Waals surface area contributed by atoms with Gasteiger partial charge in [-0.1, -0.05) is 18.2 Å². The summed E-state index contributed by atoms with van der Waals surface area (Å²) in [6.45, 7) is 0.639. The number of carbonyl (C=O) groups excluding carboxylic acids is 1. The van der Waals surface area contributed by atoms with Crippen LogP contribution in [0, 0.1) is 23.4 Å². The standard InChI is InChI=1S/C24H22F3N3O/c25-16-5-3-4-15(10-16)21-13-28-23(29-21)22-6-1-2-9-30(22)24(31)18-12-17(18)14-7-8-19(26)20(27)11-14/h3-5,7-8,10-11,13,17-18,22H,1-2,6,9,12H2,(H,28,29). The molecule has 1 saturated heterocycles. The number of nitrogens with zero attached hydrogens (tertiary/aromatic N) is 2. The molecule has 7 heteroatoms. The van der Waals surface area contributed by atoms with Gasteiger partial charge in [-0.15, -0.1) is 0 Å². The maximum atomic E-state index is 13.6. The molecule has 160 valence electrons. The van der Waals surface area contributed by atoms with Crippen molar-refractivity contribution in [3.63, 3.8) is 0 Å². The summed E-state index contributed by atoms with van der Waals surface area (Å²) in [5.74, 6) is -1.66. The number of H-pyrrole nitrogens is 1. The van der Waals surface area contributed by atoms with E-state index in [-0.39, 0.29) is 29.6 Å². The predicted molar refractivity (Wildman–Crippen MR) is 109 cm³/mol. The van der Waals surface area contributed by atoms with Crippen LogP contribution in [0.1, 0.15) is 49.0 Å². The third-order valence-corrected chi connectivity index (χ3v) is 6.31. The Morgan fingerprint density at radius 2 is 1.94 bits per heavy atom. The Morgan fingerprint density at radius 3 is 2.74 bits per heavy atom. The molecule has 3 atom stereocenters. The lowest BCUT2D eigenvalue weighted by Crippen LogP contribution is -2.40. The number of nitrogens with one attached hydrogen (secondary N) is 1. The van der Waals surface area contributed by atoms with Gasteiger partial charge in [-0.05, 0) is 61.4 Å². The summed E-state index contributed by atoms with van der Waals surface area (Å²) in [5, 5.41) is 0. The molecule has 3 unspecified atom stereocenters.